The van der Waals surface area contributed by atoms with Crippen molar-refractivity contribution in [3.05, 3.63) is 47.5 Å². The summed E-state index contributed by atoms with van der Waals surface area (Å²) in [5.41, 5.74) is 0.743. The molecule has 0 aliphatic carbocycles. The Kier molecular flexibility index (Phi) is 16.7. The van der Waals surface area contributed by atoms with Gasteiger partial charge in [0.2, 0.25) is 0 Å². The number of hydrogen-bond acceptors (Lipinski definition) is 8. The maximum Gasteiger partial charge on any atom is 0.341 e. The van der Waals surface area contributed by atoms with Gasteiger partial charge in [-0.15, -0.1) is 0 Å². The van der Waals surface area contributed by atoms with E-state index in [-0.39, 0.29) is 13.2 Å². The highest BCUT2D eigenvalue weighted by Gasteiger charge is 2.23. The third-order valence-corrected chi connectivity index (χ3v) is 9.21. The summed E-state index contributed by atoms with van der Waals surface area (Å²) in [5.74, 6) is 1.36. The zero-order chi connectivity index (χ0) is 37.3. The molecule has 52 heavy (non-hydrogen) atoms. The van der Waals surface area contributed by atoms with Crippen molar-refractivity contribution in [3.8, 4) is 23.0 Å². The number of esters is 2. The highest BCUT2D eigenvalue weighted by molar-refractivity contribution is 6.27. The molecule has 0 aliphatic heterocycles. The minimum atomic E-state index is -0.437. The lowest BCUT2D eigenvalue weighted by Crippen LogP contribution is -2.10. The van der Waals surface area contributed by atoms with Gasteiger partial charge in [0.25, 0.3) is 0 Å². The molecule has 284 valence electrons. The van der Waals surface area contributed by atoms with E-state index < -0.39 is 11.9 Å². The zero-order valence-electron chi connectivity index (χ0n) is 32.5. The third kappa shape index (κ3) is 10.4. The average Bonchev–Trinajstić information content (AvgIpc) is 3.15. The molecule has 0 saturated heterocycles. The van der Waals surface area contributed by atoms with Crippen LogP contribution in [0.4, 0.5) is 0 Å². The Balaban J connectivity index is 2.08. The molecule has 0 fully saturated rings. The topological polar surface area (TPSA) is 89.5 Å². The minimum Gasteiger partial charge on any atom is -0.493 e. The second kappa shape index (κ2) is 21.4. The quantitative estimate of drug-likeness (QED) is 0.0402. The molecule has 8 heteroatoms. The van der Waals surface area contributed by atoms with E-state index in [1.54, 1.807) is 13.8 Å². The number of carbonyl (C=O) groups excluding carboxylic acids is 2. The largest absolute Gasteiger partial charge is 0.493 e. The maximum atomic E-state index is 13.5. The number of benzene rings is 4. The summed E-state index contributed by atoms with van der Waals surface area (Å²) in [7, 11) is 0. The van der Waals surface area contributed by atoms with Crippen molar-refractivity contribution in [2.45, 2.75) is 119 Å². The van der Waals surface area contributed by atoms with Crippen molar-refractivity contribution in [2.75, 3.05) is 39.6 Å². The van der Waals surface area contributed by atoms with Gasteiger partial charge in [0.15, 0.2) is 11.5 Å². The third-order valence-electron chi connectivity index (χ3n) is 9.21. The van der Waals surface area contributed by atoms with Crippen LogP contribution in [0.2, 0.25) is 0 Å². The summed E-state index contributed by atoms with van der Waals surface area (Å²) in [5, 5.41) is 5.13. The fraction of sp³-hybridized carbons (Fsp3) is 0.545. The highest BCUT2D eigenvalue weighted by atomic mass is 16.5. The van der Waals surface area contributed by atoms with Crippen LogP contribution in [0.5, 0.6) is 23.0 Å². The lowest BCUT2D eigenvalue weighted by molar-refractivity contribution is 0.0512. The van der Waals surface area contributed by atoms with E-state index in [0.717, 1.165) is 109 Å². The molecule has 0 aliphatic rings. The van der Waals surface area contributed by atoms with Crippen LogP contribution >= 0.6 is 0 Å². The summed E-state index contributed by atoms with van der Waals surface area (Å²) in [6.07, 6.45) is 12.1. The Morgan fingerprint density at radius 1 is 0.385 bits per heavy atom. The van der Waals surface area contributed by atoms with Crippen LogP contribution in [0.15, 0.2) is 36.4 Å². The van der Waals surface area contributed by atoms with Gasteiger partial charge < -0.3 is 28.4 Å². The van der Waals surface area contributed by atoms with Gasteiger partial charge in [0.1, 0.15) is 22.6 Å². The number of ether oxygens (including phenoxy) is 6. The molecule has 0 bridgehead atoms. The van der Waals surface area contributed by atoms with Gasteiger partial charge in [-0.1, -0.05) is 79.1 Å². The molecule has 8 nitrogen and oxygen atoms in total. The fourth-order valence-corrected chi connectivity index (χ4v) is 6.39. The number of unbranched alkanes of at least 4 members (excludes halogenated alkanes) is 8. The van der Waals surface area contributed by atoms with Gasteiger partial charge in [-0.25, -0.2) is 9.59 Å². The minimum absolute atomic E-state index is 0.245. The van der Waals surface area contributed by atoms with Crippen molar-refractivity contribution in [3.63, 3.8) is 0 Å². The van der Waals surface area contributed by atoms with Crippen LogP contribution in [-0.4, -0.2) is 51.6 Å². The predicted molar refractivity (Wildman–Crippen MR) is 211 cm³/mol. The first-order chi connectivity index (χ1) is 25.4. The van der Waals surface area contributed by atoms with Crippen molar-refractivity contribution in [1.29, 1.82) is 0 Å². The number of carbonyl (C=O) groups is 2. The lowest BCUT2D eigenvalue weighted by atomic mass is 9.91. The standard InChI is InChI=1S/C44H60O8/c1-7-13-17-21-49-39-27-33-31(25-37(39)43(45)47-11-5)35-29-41(51-23-19-15-9-3)42(52-24-20-16-10-4)30-36(35)32-26-38(44(46)48-12-6)40(28-34(32)33)50-22-18-14-8-2/h25-30H,7-24H2,1-6H3. The predicted octanol–water partition coefficient (Wildman–Crippen LogP) is 11.8. The summed E-state index contributed by atoms with van der Waals surface area (Å²) in [6.45, 7) is 14.8. The molecule has 0 N–H and O–H groups in total. The Hall–Kier alpha value is -4.20. The average molecular weight is 717 g/mol. The van der Waals surface area contributed by atoms with Crippen molar-refractivity contribution >= 4 is 44.3 Å². The number of hydrogen-bond donors (Lipinski definition) is 0. The smallest absolute Gasteiger partial charge is 0.341 e. The Bertz CT molecular complexity index is 1610. The normalized spacial score (nSPS) is 11.3. The van der Waals surface area contributed by atoms with Crippen molar-refractivity contribution in [2.24, 2.45) is 0 Å². The monoisotopic (exact) mass is 716 g/mol. The summed E-state index contributed by atoms with van der Waals surface area (Å²) >= 11 is 0. The first-order valence-corrected chi connectivity index (χ1v) is 19.8. The highest BCUT2D eigenvalue weighted by Crippen LogP contribution is 2.45. The molecule has 0 atom stereocenters. The van der Waals surface area contributed by atoms with E-state index >= 15 is 0 Å². The molecule has 4 rings (SSSR count). The van der Waals surface area contributed by atoms with Crippen LogP contribution in [0.25, 0.3) is 32.3 Å². The molecule has 0 aromatic heterocycles. The van der Waals surface area contributed by atoms with Gasteiger partial charge in [0.05, 0.1) is 39.6 Å². The molecule has 0 heterocycles. The van der Waals surface area contributed by atoms with Gasteiger partial charge in [-0.2, -0.15) is 0 Å². The maximum absolute atomic E-state index is 13.5. The zero-order valence-corrected chi connectivity index (χ0v) is 32.5. The second-order valence-corrected chi connectivity index (χ2v) is 13.3. The van der Waals surface area contributed by atoms with Crippen LogP contribution in [0.3, 0.4) is 0 Å². The fourth-order valence-electron chi connectivity index (χ4n) is 6.39. The molecule has 0 saturated carbocycles. The molecule has 0 amide bonds. The van der Waals surface area contributed by atoms with E-state index in [1.165, 1.54) is 0 Å². The first kappa shape index (κ1) is 40.6. The molecular weight excluding hydrogens is 656 g/mol. The molecule has 0 unspecified atom stereocenters. The summed E-state index contributed by atoms with van der Waals surface area (Å²) < 4.78 is 36.6. The van der Waals surface area contributed by atoms with Crippen molar-refractivity contribution in [1.82, 2.24) is 0 Å². The van der Waals surface area contributed by atoms with Crippen LogP contribution in [0.1, 0.15) is 139 Å². The summed E-state index contributed by atoms with van der Waals surface area (Å²) in [6, 6.07) is 11.7. The van der Waals surface area contributed by atoms with E-state index in [4.69, 9.17) is 28.4 Å². The SMILES string of the molecule is CCCCCOc1cc2c(cc1OCCCCC)c1cc(C(=O)OCC)c(OCCCCC)cc1c1cc(OCCCCC)c(C(=O)OCC)cc21. The number of rotatable bonds is 24. The Labute approximate surface area is 310 Å². The number of fused-ring (bicyclic) bond motifs is 6. The van der Waals surface area contributed by atoms with Crippen LogP contribution < -0.4 is 18.9 Å². The molecule has 4 aromatic rings. The Morgan fingerprint density at radius 3 is 0.942 bits per heavy atom. The van der Waals surface area contributed by atoms with Gasteiger partial charge in [-0.05, 0) is 108 Å². The molecule has 4 aromatic carbocycles. The molecular formula is C44H60O8. The Morgan fingerprint density at radius 2 is 0.654 bits per heavy atom. The van der Waals surface area contributed by atoms with Gasteiger partial charge >= 0.3 is 11.9 Å². The summed E-state index contributed by atoms with van der Waals surface area (Å²) in [4.78, 5) is 27.0. The van der Waals surface area contributed by atoms with Crippen molar-refractivity contribution < 1.29 is 38.0 Å². The van der Waals surface area contributed by atoms with Gasteiger partial charge in [-0.3, -0.25) is 0 Å². The second-order valence-electron chi connectivity index (χ2n) is 13.3. The first-order valence-electron chi connectivity index (χ1n) is 19.8. The van der Waals surface area contributed by atoms with E-state index in [0.29, 0.717) is 60.6 Å². The van der Waals surface area contributed by atoms with Gasteiger partial charge in [0, 0.05) is 0 Å². The lowest BCUT2D eigenvalue weighted by Gasteiger charge is -2.20. The van der Waals surface area contributed by atoms with E-state index in [2.05, 4.69) is 27.7 Å². The van der Waals surface area contributed by atoms with E-state index in [1.807, 2.05) is 36.4 Å². The van der Waals surface area contributed by atoms with E-state index in [9.17, 15) is 9.59 Å². The van der Waals surface area contributed by atoms with Crippen LogP contribution in [-0.2, 0) is 9.47 Å². The molecule has 0 spiro atoms. The van der Waals surface area contributed by atoms with Crippen LogP contribution in [0, 0.1) is 0 Å². The molecule has 0 radical (unpaired) electrons.